The molecule has 176 valence electrons. The van der Waals surface area contributed by atoms with E-state index < -0.39 is 0 Å². The van der Waals surface area contributed by atoms with Crippen molar-refractivity contribution in [3.8, 4) is 11.5 Å². The third-order valence-corrected chi connectivity index (χ3v) is 6.06. The van der Waals surface area contributed by atoms with Crippen LogP contribution in [0.25, 0.3) is 0 Å². The van der Waals surface area contributed by atoms with Gasteiger partial charge in [-0.25, -0.2) is 5.43 Å². The van der Waals surface area contributed by atoms with Crippen molar-refractivity contribution in [1.82, 2.24) is 5.43 Å². The summed E-state index contributed by atoms with van der Waals surface area (Å²) in [6, 6.07) is 18.4. The summed E-state index contributed by atoms with van der Waals surface area (Å²) in [5, 5.41) is 5.10. The molecule has 1 saturated heterocycles. The maximum atomic E-state index is 12.4. The number of halogens is 2. The standard InChI is InChI=1S/C26H25Cl2N3O3/c1-33-24-15-19(14-23(28)25(24)34-17-18-4-8-21(27)9-5-18)16-29-30-26(32)20-6-10-22(11-7-20)31-12-2-3-13-31/h4-11,14-16H,2-3,12-13,17H2,1H3,(H,30,32)/b29-16-. The van der Waals surface area contributed by atoms with Gasteiger partial charge in [0.1, 0.15) is 6.61 Å². The Morgan fingerprint density at radius 3 is 2.44 bits per heavy atom. The topological polar surface area (TPSA) is 63.2 Å². The fourth-order valence-corrected chi connectivity index (χ4v) is 4.12. The van der Waals surface area contributed by atoms with Crippen LogP contribution in [0.4, 0.5) is 5.69 Å². The van der Waals surface area contributed by atoms with E-state index in [-0.39, 0.29) is 5.91 Å². The van der Waals surface area contributed by atoms with Crippen molar-refractivity contribution in [2.24, 2.45) is 5.10 Å². The van der Waals surface area contributed by atoms with E-state index >= 15 is 0 Å². The number of carbonyl (C=O) groups is 1. The molecule has 0 unspecified atom stereocenters. The van der Waals surface area contributed by atoms with Gasteiger partial charge in [-0.2, -0.15) is 5.10 Å². The van der Waals surface area contributed by atoms with Gasteiger partial charge in [0.2, 0.25) is 0 Å². The summed E-state index contributed by atoms with van der Waals surface area (Å²) < 4.78 is 11.3. The van der Waals surface area contributed by atoms with Crippen LogP contribution in [0.2, 0.25) is 10.0 Å². The van der Waals surface area contributed by atoms with Crippen LogP contribution in [-0.2, 0) is 6.61 Å². The molecule has 4 rings (SSSR count). The fraction of sp³-hybridized carbons (Fsp3) is 0.231. The molecule has 3 aromatic carbocycles. The van der Waals surface area contributed by atoms with Crippen molar-refractivity contribution in [3.05, 3.63) is 87.4 Å². The lowest BCUT2D eigenvalue weighted by atomic mass is 10.2. The number of nitrogens with one attached hydrogen (secondary N) is 1. The van der Waals surface area contributed by atoms with Crippen LogP contribution in [0.5, 0.6) is 11.5 Å². The van der Waals surface area contributed by atoms with Gasteiger partial charge in [0, 0.05) is 29.4 Å². The summed E-state index contributed by atoms with van der Waals surface area (Å²) in [5.74, 6) is 0.607. The summed E-state index contributed by atoms with van der Waals surface area (Å²) in [7, 11) is 1.54. The van der Waals surface area contributed by atoms with Gasteiger partial charge in [0.15, 0.2) is 11.5 Å². The van der Waals surface area contributed by atoms with Crippen molar-refractivity contribution in [1.29, 1.82) is 0 Å². The Balaban J connectivity index is 1.37. The van der Waals surface area contributed by atoms with Crippen LogP contribution in [0, 0.1) is 0 Å². The number of carbonyl (C=O) groups excluding carboxylic acids is 1. The normalized spacial score (nSPS) is 13.3. The second kappa shape index (κ2) is 11.3. The van der Waals surface area contributed by atoms with Gasteiger partial charge in [0.05, 0.1) is 18.3 Å². The molecule has 8 heteroatoms. The number of methoxy groups -OCH3 is 1. The summed E-state index contributed by atoms with van der Waals surface area (Å²) in [6.07, 6.45) is 3.93. The highest BCUT2D eigenvalue weighted by molar-refractivity contribution is 6.32. The molecule has 1 fully saturated rings. The minimum absolute atomic E-state index is 0.287. The van der Waals surface area contributed by atoms with E-state index in [4.69, 9.17) is 32.7 Å². The van der Waals surface area contributed by atoms with Gasteiger partial charge in [-0.1, -0.05) is 35.3 Å². The molecule has 0 aromatic heterocycles. The third kappa shape index (κ3) is 6.01. The monoisotopic (exact) mass is 497 g/mol. The van der Waals surface area contributed by atoms with E-state index in [9.17, 15) is 4.79 Å². The number of hydrogen-bond donors (Lipinski definition) is 1. The number of rotatable bonds is 8. The Bertz CT molecular complexity index is 1160. The first-order valence-corrected chi connectivity index (χ1v) is 11.7. The Kier molecular flexibility index (Phi) is 7.93. The van der Waals surface area contributed by atoms with Crippen LogP contribution in [0.1, 0.15) is 34.3 Å². The van der Waals surface area contributed by atoms with Crippen LogP contribution < -0.4 is 19.8 Å². The lowest BCUT2D eigenvalue weighted by molar-refractivity contribution is 0.0955. The smallest absolute Gasteiger partial charge is 0.271 e. The summed E-state index contributed by atoms with van der Waals surface area (Å²) in [6.45, 7) is 2.44. The van der Waals surface area contributed by atoms with Crippen molar-refractivity contribution >= 4 is 41.0 Å². The SMILES string of the molecule is COc1cc(/C=N\NC(=O)c2ccc(N3CCCC3)cc2)cc(Cl)c1OCc1ccc(Cl)cc1. The van der Waals surface area contributed by atoms with E-state index in [0.29, 0.717) is 39.3 Å². The molecule has 1 amide bonds. The summed E-state index contributed by atoms with van der Waals surface area (Å²) >= 11 is 12.4. The molecule has 0 spiro atoms. The highest BCUT2D eigenvalue weighted by Crippen LogP contribution is 2.36. The zero-order valence-corrected chi connectivity index (χ0v) is 20.3. The third-order valence-electron chi connectivity index (χ3n) is 5.53. The quantitative estimate of drug-likeness (QED) is 0.308. The van der Waals surface area contributed by atoms with Gasteiger partial charge in [-0.3, -0.25) is 4.79 Å². The zero-order valence-electron chi connectivity index (χ0n) is 18.8. The number of anilines is 1. The van der Waals surface area contributed by atoms with E-state index in [1.54, 1.807) is 24.3 Å². The van der Waals surface area contributed by atoms with E-state index in [2.05, 4.69) is 15.4 Å². The number of nitrogens with zero attached hydrogens (tertiary/aromatic N) is 2. The number of hydrogen-bond acceptors (Lipinski definition) is 5. The maximum absolute atomic E-state index is 12.4. The first kappa shape index (κ1) is 23.9. The second-order valence-corrected chi connectivity index (χ2v) is 8.73. The maximum Gasteiger partial charge on any atom is 0.271 e. The van der Waals surface area contributed by atoms with Crippen LogP contribution in [0.15, 0.2) is 65.8 Å². The highest BCUT2D eigenvalue weighted by atomic mass is 35.5. The van der Waals surface area contributed by atoms with E-state index in [1.165, 1.54) is 26.2 Å². The van der Waals surface area contributed by atoms with Gasteiger partial charge < -0.3 is 14.4 Å². The molecule has 0 aliphatic carbocycles. The van der Waals surface area contributed by atoms with Crippen LogP contribution in [-0.4, -0.2) is 32.3 Å². The Hall–Kier alpha value is -3.22. The predicted molar refractivity (Wildman–Crippen MR) is 137 cm³/mol. The average molecular weight is 498 g/mol. The average Bonchev–Trinajstić information content (AvgIpc) is 3.39. The molecule has 0 saturated carbocycles. The molecule has 34 heavy (non-hydrogen) atoms. The van der Waals surface area contributed by atoms with Gasteiger partial charge >= 0.3 is 0 Å². The van der Waals surface area contributed by atoms with Gasteiger partial charge in [0.25, 0.3) is 5.91 Å². The molecule has 1 aliphatic heterocycles. The fourth-order valence-electron chi connectivity index (χ4n) is 3.72. The zero-order chi connectivity index (χ0) is 23.9. The highest BCUT2D eigenvalue weighted by Gasteiger charge is 2.14. The predicted octanol–water partition coefficient (Wildman–Crippen LogP) is 5.95. The van der Waals surface area contributed by atoms with Crippen molar-refractivity contribution in [3.63, 3.8) is 0 Å². The molecule has 0 atom stereocenters. The Morgan fingerprint density at radius 2 is 1.76 bits per heavy atom. The van der Waals surface area contributed by atoms with E-state index in [1.807, 2.05) is 36.4 Å². The number of ether oxygens (including phenoxy) is 2. The molecule has 1 N–H and O–H groups in total. The number of benzene rings is 3. The van der Waals surface area contributed by atoms with Crippen LogP contribution >= 0.6 is 23.2 Å². The number of amides is 1. The molecule has 0 radical (unpaired) electrons. The minimum Gasteiger partial charge on any atom is -0.493 e. The Morgan fingerprint density at radius 1 is 1.06 bits per heavy atom. The molecular formula is C26H25Cl2N3O3. The lowest BCUT2D eigenvalue weighted by Crippen LogP contribution is -2.19. The van der Waals surface area contributed by atoms with Gasteiger partial charge in [-0.05, 0) is 72.5 Å². The van der Waals surface area contributed by atoms with Crippen LogP contribution in [0.3, 0.4) is 0 Å². The molecular weight excluding hydrogens is 473 g/mol. The number of hydrazone groups is 1. The summed E-state index contributed by atoms with van der Waals surface area (Å²) in [5.41, 5.74) is 5.84. The first-order valence-electron chi connectivity index (χ1n) is 11.0. The summed E-state index contributed by atoms with van der Waals surface area (Å²) in [4.78, 5) is 14.8. The minimum atomic E-state index is -0.287. The molecule has 0 bridgehead atoms. The second-order valence-electron chi connectivity index (χ2n) is 7.89. The molecule has 1 aliphatic rings. The molecule has 1 heterocycles. The van der Waals surface area contributed by atoms with E-state index in [0.717, 1.165) is 24.3 Å². The molecule has 6 nitrogen and oxygen atoms in total. The van der Waals surface area contributed by atoms with Crippen molar-refractivity contribution < 1.29 is 14.3 Å². The van der Waals surface area contributed by atoms with Gasteiger partial charge in [-0.15, -0.1) is 0 Å². The van der Waals surface area contributed by atoms with Crippen molar-refractivity contribution in [2.75, 3.05) is 25.1 Å². The van der Waals surface area contributed by atoms with Crippen molar-refractivity contribution in [2.45, 2.75) is 19.4 Å². The largest absolute Gasteiger partial charge is 0.493 e. The molecule has 3 aromatic rings. The first-order chi connectivity index (χ1) is 16.5. The Labute approximate surface area is 209 Å². The lowest BCUT2D eigenvalue weighted by Gasteiger charge is -2.17.